The van der Waals surface area contributed by atoms with Gasteiger partial charge in [0, 0.05) is 30.4 Å². The van der Waals surface area contributed by atoms with Crippen LogP contribution in [0, 0.1) is 16.7 Å². The molecular weight excluding hydrogens is 667 g/mol. The molecule has 1 saturated heterocycles. The second kappa shape index (κ2) is 15.7. The highest BCUT2D eigenvalue weighted by Gasteiger charge is 2.56. The van der Waals surface area contributed by atoms with Gasteiger partial charge in [0.15, 0.2) is 5.58 Å². The highest BCUT2D eigenvalue weighted by Crippen LogP contribution is 2.55. The average molecular weight is 725 g/mol. The average Bonchev–Trinajstić information content (AvgIpc) is 3.76. The van der Waals surface area contributed by atoms with Crippen molar-refractivity contribution in [2.45, 2.75) is 98.3 Å². The lowest BCUT2D eigenvalue weighted by Crippen LogP contribution is -2.53. The number of amides is 1. The number of nitrogens with zero attached hydrogens (tertiary/aromatic N) is 3. The van der Waals surface area contributed by atoms with Gasteiger partial charge in [0.1, 0.15) is 11.4 Å². The molecule has 1 unspecified atom stereocenters. The Morgan fingerprint density at radius 2 is 1.56 bits per heavy atom. The first-order valence-corrected chi connectivity index (χ1v) is 20.4. The smallest absolute Gasteiger partial charge is 0.410 e. The van der Waals surface area contributed by atoms with Crippen molar-refractivity contribution in [3.63, 3.8) is 0 Å². The Hall–Kier alpha value is -3.66. The van der Waals surface area contributed by atoms with E-state index in [-0.39, 0.29) is 23.0 Å². The third-order valence-electron chi connectivity index (χ3n) is 10.4. The number of piperidine rings is 1. The first-order valence-electron chi connectivity index (χ1n) is 19.0. The van der Waals surface area contributed by atoms with Crippen LogP contribution < -0.4 is 15.1 Å². The zero-order valence-corrected chi connectivity index (χ0v) is 33.5. The maximum Gasteiger partial charge on any atom is 0.410 e. The number of benzene rings is 3. The zero-order chi connectivity index (χ0) is 37.1. The molecule has 1 saturated carbocycles. The minimum absolute atomic E-state index is 0.0169. The fraction of sp³-hybridized carbons (Fsp3) is 0.535. The molecule has 3 aromatic carbocycles. The summed E-state index contributed by atoms with van der Waals surface area (Å²) in [4.78, 5) is 16.5. The van der Waals surface area contributed by atoms with Crippen molar-refractivity contribution in [1.29, 1.82) is 0 Å². The third-order valence-corrected chi connectivity index (χ3v) is 12.6. The third kappa shape index (κ3) is 9.27. The highest BCUT2D eigenvalue weighted by molar-refractivity contribution is 6.80. The number of fused-ring (bicyclic) bond motifs is 1. The molecule has 1 aromatic heterocycles. The van der Waals surface area contributed by atoms with Crippen molar-refractivity contribution in [3.05, 3.63) is 84.1 Å². The van der Waals surface area contributed by atoms with Crippen LogP contribution in [-0.2, 0) is 22.1 Å². The Bertz CT molecular complexity index is 1730. The van der Waals surface area contributed by atoms with Crippen molar-refractivity contribution in [3.8, 4) is 5.75 Å². The number of rotatable bonds is 13. The predicted molar refractivity (Wildman–Crippen MR) is 210 cm³/mol. The maximum atomic E-state index is 12.5. The Balaban J connectivity index is 1.16. The minimum Gasteiger partial charge on any atom is -0.492 e. The van der Waals surface area contributed by atoms with Crippen molar-refractivity contribution in [2.24, 2.45) is 16.7 Å². The molecule has 279 valence electrons. The SMILES string of the molecule is CN(C)Cc1c(OCC2(C(O[Si](c3ccccc3)c3ccccc3)C(C)(C)C)CC2)ccc2c(CCC3CCN(C(=O)OC(C)(C)C)CC3)noc12. The summed E-state index contributed by atoms with van der Waals surface area (Å²) >= 11 is 0. The lowest BCUT2D eigenvalue weighted by Gasteiger charge is -2.40. The predicted octanol–water partition coefficient (Wildman–Crippen LogP) is 7.87. The van der Waals surface area contributed by atoms with E-state index < -0.39 is 14.6 Å². The number of hydrogen-bond donors (Lipinski definition) is 0. The molecule has 1 aliphatic carbocycles. The van der Waals surface area contributed by atoms with Crippen molar-refractivity contribution in [1.82, 2.24) is 15.0 Å². The van der Waals surface area contributed by atoms with Gasteiger partial charge >= 0.3 is 6.09 Å². The van der Waals surface area contributed by atoms with Crippen molar-refractivity contribution in [2.75, 3.05) is 33.8 Å². The van der Waals surface area contributed by atoms with Gasteiger partial charge in [0.2, 0.25) is 0 Å². The standard InChI is InChI=1S/C43H58N3O5Si/c1-41(2,3)39(51-52(32-15-11-9-12-16-32)33-17-13-10-14-18-33)43(25-26-43)30-48-37-22-20-34-36(44-50-38(34)35(37)29-45(7)8)21-19-31-23-27-46(28-24-31)40(47)49-42(4,5)6/h9-18,20,22,31,39H,19,21,23-30H2,1-8H3. The fourth-order valence-corrected chi connectivity index (χ4v) is 10.1. The molecule has 2 aliphatic rings. The van der Waals surface area contributed by atoms with E-state index in [0.29, 0.717) is 19.1 Å². The number of carbonyl (C=O) groups is 1. The normalized spacial score (nSPS) is 17.2. The molecular formula is C43H58N3O5Si. The molecule has 1 atom stereocenters. The monoisotopic (exact) mass is 724 g/mol. The molecule has 2 heterocycles. The quantitative estimate of drug-likeness (QED) is 0.130. The molecule has 9 heteroatoms. The van der Waals surface area contributed by atoms with E-state index in [1.165, 1.54) is 10.4 Å². The summed E-state index contributed by atoms with van der Waals surface area (Å²) in [5.74, 6) is 1.39. The fourth-order valence-electron chi connectivity index (χ4n) is 7.63. The molecule has 6 rings (SSSR count). The van der Waals surface area contributed by atoms with E-state index in [1.807, 2.05) is 25.7 Å². The first kappa shape index (κ1) is 38.1. The molecule has 2 fully saturated rings. The van der Waals surface area contributed by atoms with Crippen LogP contribution in [-0.4, -0.2) is 75.6 Å². The molecule has 52 heavy (non-hydrogen) atoms. The molecule has 0 N–H and O–H groups in total. The van der Waals surface area contributed by atoms with E-state index in [2.05, 4.69) is 118 Å². The molecule has 1 aliphatic heterocycles. The van der Waals surface area contributed by atoms with E-state index in [9.17, 15) is 4.79 Å². The van der Waals surface area contributed by atoms with Crippen molar-refractivity contribution >= 4 is 36.5 Å². The van der Waals surface area contributed by atoms with Gasteiger partial charge in [-0.1, -0.05) is 86.6 Å². The first-order chi connectivity index (χ1) is 24.7. The van der Waals surface area contributed by atoms with Gasteiger partial charge in [-0.15, -0.1) is 0 Å². The van der Waals surface area contributed by atoms with E-state index in [4.69, 9.17) is 18.4 Å². The van der Waals surface area contributed by atoms with Crippen LogP contribution >= 0.6 is 0 Å². The Labute approximate surface area is 312 Å². The zero-order valence-electron chi connectivity index (χ0n) is 32.5. The summed E-state index contributed by atoms with van der Waals surface area (Å²) in [5, 5.41) is 8.17. The van der Waals surface area contributed by atoms with E-state index in [0.717, 1.165) is 79.6 Å². The number of carbonyl (C=O) groups excluding carboxylic acids is 1. The van der Waals surface area contributed by atoms with E-state index in [1.54, 1.807) is 0 Å². The van der Waals surface area contributed by atoms with Gasteiger partial charge in [-0.25, -0.2) is 4.79 Å². The van der Waals surface area contributed by atoms with E-state index >= 15 is 0 Å². The summed E-state index contributed by atoms with van der Waals surface area (Å²) in [7, 11) is 2.66. The lowest BCUT2D eigenvalue weighted by molar-refractivity contribution is 0.000853. The molecule has 0 spiro atoms. The van der Waals surface area contributed by atoms with Crippen molar-refractivity contribution < 1.29 is 23.2 Å². The summed E-state index contributed by atoms with van der Waals surface area (Å²) in [6.45, 7) is 15.4. The number of aryl methyl sites for hydroxylation is 1. The number of ether oxygens (including phenoxy) is 2. The number of likely N-dealkylation sites (tertiary alicyclic amines) is 1. The van der Waals surface area contributed by atoms with Gasteiger partial charge in [0.05, 0.1) is 24.0 Å². The second-order valence-electron chi connectivity index (χ2n) is 17.3. The maximum absolute atomic E-state index is 12.5. The largest absolute Gasteiger partial charge is 0.492 e. The number of aromatic nitrogens is 1. The van der Waals surface area contributed by atoms with Crippen LogP contribution in [0.25, 0.3) is 11.0 Å². The Morgan fingerprint density at radius 3 is 2.10 bits per heavy atom. The van der Waals surface area contributed by atoms with Gasteiger partial charge in [-0.2, -0.15) is 0 Å². The summed E-state index contributed by atoms with van der Waals surface area (Å²) < 4.78 is 25.9. The summed E-state index contributed by atoms with van der Waals surface area (Å²) in [6, 6.07) is 25.7. The molecule has 4 aromatic rings. The van der Waals surface area contributed by atoms with Crippen LogP contribution in [0.4, 0.5) is 4.79 Å². The van der Waals surface area contributed by atoms with Crippen LogP contribution in [0.5, 0.6) is 5.75 Å². The van der Waals surface area contributed by atoms with Gasteiger partial charge in [0.25, 0.3) is 9.04 Å². The molecule has 8 nitrogen and oxygen atoms in total. The Morgan fingerprint density at radius 1 is 0.942 bits per heavy atom. The molecule has 0 bridgehead atoms. The van der Waals surface area contributed by atoms with Crippen LogP contribution in [0.15, 0.2) is 77.3 Å². The van der Waals surface area contributed by atoms with Gasteiger partial charge < -0.3 is 28.2 Å². The lowest BCUT2D eigenvalue weighted by atomic mass is 9.79. The van der Waals surface area contributed by atoms with Crippen LogP contribution in [0.3, 0.4) is 0 Å². The van der Waals surface area contributed by atoms with Gasteiger partial charge in [-0.05, 0) is 107 Å². The number of hydrogen-bond acceptors (Lipinski definition) is 7. The summed E-state index contributed by atoms with van der Waals surface area (Å²) in [5.41, 5.74) is 2.21. The highest BCUT2D eigenvalue weighted by atomic mass is 28.3. The van der Waals surface area contributed by atoms with Gasteiger partial charge in [-0.3, -0.25) is 0 Å². The second-order valence-corrected chi connectivity index (χ2v) is 19.4. The summed E-state index contributed by atoms with van der Waals surface area (Å²) in [6.07, 6.45) is 5.74. The topological polar surface area (TPSA) is 77.3 Å². The molecule has 1 amide bonds. The van der Waals surface area contributed by atoms with Crippen LogP contribution in [0.2, 0.25) is 0 Å². The Kier molecular flexibility index (Phi) is 11.5. The minimum atomic E-state index is -1.49. The molecule has 1 radical (unpaired) electrons. The van der Waals surface area contributed by atoms with Crippen LogP contribution in [0.1, 0.15) is 84.9 Å².